The second kappa shape index (κ2) is 8.02. The number of phenols is 1. The predicted molar refractivity (Wildman–Crippen MR) is 114 cm³/mol. The summed E-state index contributed by atoms with van der Waals surface area (Å²) >= 11 is 0. The van der Waals surface area contributed by atoms with E-state index in [4.69, 9.17) is 0 Å². The lowest BCUT2D eigenvalue weighted by Crippen LogP contribution is -2.30. The Balaban J connectivity index is 1.60. The molecule has 0 radical (unpaired) electrons. The third kappa shape index (κ3) is 4.35. The molecule has 2 aromatic carbocycles. The van der Waals surface area contributed by atoms with Crippen LogP contribution in [0.5, 0.6) is 5.75 Å². The summed E-state index contributed by atoms with van der Waals surface area (Å²) in [5.74, 6) is 0.125. The lowest BCUT2D eigenvalue weighted by molar-refractivity contribution is -0.114. The monoisotopic (exact) mass is 404 g/mol. The summed E-state index contributed by atoms with van der Waals surface area (Å²) < 4.78 is 1.39. The standard InChI is InChI=1S/C23H24N4O3/c1-14-3-5-16(6-4-14)13-24-23(30)27-21(17-7-8-17)12-20(26-27)19-11-18(25-15(2)28)9-10-22(19)29/h3-6,9-12,17,29H,7-8,13H2,1-2H3,(H,24,30)(H,25,28). The van der Waals surface area contributed by atoms with Crippen molar-refractivity contribution in [2.24, 2.45) is 0 Å². The van der Waals surface area contributed by atoms with Gasteiger partial charge in [0.15, 0.2) is 0 Å². The van der Waals surface area contributed by atoms with Crippen molar-refractivity contribution in [2.75, 3.05) is 5.32 Å². The molecule has 1 fully saturated rings. The van der Waals surface area contributed by atoms with E-state index in [0.717, 1.165) is 24.1 Å². The fourth-order valence-electron chi connectivity index (χ4n) is 3.34. The van der Waals surface area contributed by atoms with Gasteiger partial charge in [-0.25, -0.2) is 4.79 Å². The lowest BCUT2D eigenvalue weighted by atomic mass is 10.1. The minimum absolute atomic E-state index is 0.0381. The SMILES string of the molecule is CC(=O)Nc1ccc(O)c(-c2cc(C3CC3)n(C(=O)NCc3ccc(C)cc3)n2)c1. The Bertz CT molecular complexity index is 1100. The molecule has 7 nitrogen and oxygen atoms in total. The number of rotatable bonds is 5. The lowest BCUT2D eigenvalue weighted by Gasteiger charge is -2.08. The van der Waals surface area contributed by atoms with Crippen LogP contribution in [-0.4, -0.2) is 26.8 Å². The summed E-state index contributed by atoms with van der Waals surface area (Å²) in [6, 6.07) is 14.3. The van der Waals surface area contributed by atoms with Gasteiger partial charge in [0.2, 0.25) is 5.91 Å². The Hall–Kier alpha value is -3.61. The van der Waals surface area contributed by atoms with Crippen molar-refractivity contribution in [1.29, 1.82) is 0 Å². The average molecular weight is 404 g/mol. The van der Waals surface area contributed by atoms with Crippen LogP contribution >= 0.6 is 0 Å². The number of aromatic hydroxyl groups is 1. The van der Waals surface area contributed by atoms with Gasteiger partial charge in [0.1, 0.15) is 5.75 Å². The van der Waals surface area contributed by atoms with Crippen molar-refractivity contribution in [1.82, 2.24) is 15.1 Å². The van der Waals surface area contributed by atoms with Crippen LogP contribution in [0.2, 0.25) is 0 Å². The number of carbonyl (C=O) groups is 2. The van der Waals surface area contributed by atoms with Crippen molar-refractivity contribution < 1.29 is 14.7 Å². The second-order valence-corrected chi connectivity index (χ2v) is 7.70. The molecule has 3 aromatic rings. The van der Waals surface area contributed by atoms with Crippen LogP contribution < -0.4 is 10.6 Å². The van der Waals surface area contributed by atoms with Gasteiger partial charge in [-0.3, -0.25) is 4.79 Å². The molecule has 0 aliphatic heterocycles. The minimum Gasteiger partial charge on any atom is -0.507 e. The first-order valence-corrected chi connectivity index (χ1v) is 9.95. The van der Waals surface area contributed by atoms with Crippen molar-refractivity contribution in [2.45, 2.75) is 39.2 Å². The van der Waals surface area contributed by atoms with E-state index in [1.165, 1.54) is 23.2 Å². The van der Waals surface area contributed by atoms with E-state index in [2.05, 4.69) is 15.7 Å². The summed E-state index contributed by atoms with van der Waals surface area (Å²) in [5.41, 5.74) is 4.52. The Morgan fingerprint density at radius 2 is 1.87 bits per heavy atom. The quantitative estimate of drug-likeness (QED) is 0.557. The molecule has 1 aromatic heterocycles. The number of hydrogen-bond donors (Lipinski definition) is 3. The maximum Gasteiger partial charge on any atom is 0.342 e. The summed E-state index contributed by atoms with van der Waals surface area (Å²) in [4.78, 5) is 24.2. The van der Waals surface area contributed by atoms with Crippen molar-refractivity contribution in [3.8, 4) is 17.0 Å². The molecule has 4 rings (SSSR count). The molecule has 30 heavy (non-hydrogen) atoms. The molecule has 0 unspecified atom stereocenters. The summed E-state index contributed by atoms with van der Waals surface area (Å²) in [5, 5.41) is 20.4. The van der Waals surface area contributed by atoms with E-state index < -0.39 is 0 Å². The van der Waals surface area contributed by atoms with Gasteiger partial charge in [-0.05, 0) is 49.6 Å². The zero-order valence-electron chi connectivity index (χ0n) is 17.0. The molecule has 0 spiro atoms. The fourth-order valence-corrected chi connectivity index (χ4v) is 3.34. The molecule has 3 N–H and O–H groups in total. The summed E-state index contributed by atoms with van der Waals surface area (Å²) in [7, 11) is 0. The van der Waals surface area contributed by atoms with Crippen molar-refractivity contribution in [3.05, 3.63) is 65.4 Å². The third-order valence-electron chi connectivity index (χ3n) is 5.08. The number of carbonyl (C=O) groups excluding carboxylic acids is 2. The minimum atomic E-state index is -0.304. The van der Waals surface area contributed by atoms with E-state index in [1.54, 1.807) is 12.1 Å². The molecular weight excluding hydrogens is 380 g/mol. The number of aryl methyl sites for hydroxylation is 1. The number of phenolic OH excluding ortho intramolecular Hbond substituents is 1. The molecule has 154 valence electrons. The number of hydrogen-bond acceptors (Lipinski definition) is 4. The Morgan fingerprint density at radius 1 is 1.13 bits per heavy atom. The first kappa shape index (κ1) is 19.7. The molecule has 1 saturated carbocycles. The van der Waals surface area contributed by atoms with Crippen LogP contribution in [-0.2, 0) is 11.3 Å². The number of anilines is 1. The maximum atomic E-state index is 12.8. The zero-order valence-corrected chi connectivity index (χ0v) is 17.0. The van der Waals surface area contributed by atoms with E-state index in [9.17, 15) is 14.7 Å². The van der Waals surface area contributed by atoms with Crippen LogP contribution in [0.4, 0.5) is 10.5 Å². The number of nitrogens with one attached hydrogen (secondary N) is 2. The van der Waals surface area contributed by atoms with E-state index >= 15 is 0 Å². The van der Waals surface area contributed by atoms with E-state index in [-0.39, 0.29) is 23.6 Å². The smallest absolute Gasteiger partial charge is 0.342 e. The topological polar surface area (TPSA) is 96.2 Å². The average Bonchev–Trinajstić information content (AvgIpc) is 3.47. The van der Waals surface area contributed by atoms with Crippen molar-refractivity contribution >= 4 is 17.6 Å². The normalized spacial score (nSPS) is 13.1. The highest BCUT2D eigenvalue weighted by molar-refractivity contribution is 5.90. The molecule has 0 saturated heterocycles. The maximum absolute atomic E-state index is 12.8. The summed E-state index contributed by atoms with van der Waals surface area (Å²) in [6.45, 7) is 3.85. The number of aromatic nitrogens is 2. The molecule has 7 heteroatoms. The van der Waals surface area contributed by atoms with Gasteiger partial charge in [-0.15, -0.1) is 0 Å². The number of nitrogens with zero attached hydrogens (tertiary/aromatic N) is 2. The largest absolute Gasteiger partial charge is 0.507 e. The highest BCUT2D eigenvalue weighted by Crippen LogP contribution is 2.42. The van der Waals surface area contributed by atoms with Crippen LogP contribution in [0, 0.1) is 6.92 Å². The zero-order chi connectivity index (χ0) is 21.3. The highest BCUT2D eigenvalue weighted by atomic mass is 16.3. The fraction of sp³-hybridized carbons (Fsp3) is 0.261. The van der Waals surface area contributed by atoms with Gasteiger partial charge in [0.25, 0.3) is 0 Å². The highest BCUT2D eigenvalue weighted by Gasteiger charge is 2.30. The Labute approximate surface area is 174 Å². The first-order valence-electron chi connectivity index (χ1n) is 9.95. The predicted octanol–water partition coefficient (Wildman–Crippen LogP) is 4.16. The second-order valence-electron chi connectivity index (χ2n) is 7.70. The van der Waals surface area contributed by atoms with Gasteiger partial charge in [0.05, 0.1) is 11.4 Å². The van der Waals surface area contributed by atoms with Gasteiger partial charge in [0, 0.05) is 30.6 Å². The molecule has 1 aliphatic rings. The number of benzene rings is 2. The summed E-state index contributed by atoms with van der Waals surface area (Å²) in [6.07, 6.45) is 2.02. The van der Waals surface area contributed by atoms with E-state index in [1.807, 2.05) is 37.3 Å². The van der Waals surface area contributed by atoms with E-state index in [0.29, 0.717) is 23.5 Å². The van der Waals surface area contributed by atoms with Crippen LogP contribution in [0.1, 0.15) is 42.5 Å². The molecule has 0 bridgehead atoms. The van der Waals surface area contributed by atoms with Crippen molar-refractivity contribution in [3.63, 3.8) is 0 Å². The van der Waals surface area contributed by atoms with Gasteiger partial charge >= 0.3 is 6.03 Å². The van der Waals surface area contributed by atoms with Crippen LogP contribution in [0.15, 0.2) is 48.5 Å². The van der Waals surface area contributed by atoms with Crippen LogP contribution in [0.3, 0.4) is 0 Å². The Kier molecular flexibility index (Phi) is 5.27. The third-order valence-corrected chi connectivity index (χ3v) is 5.08. The first-order chi connectivity index (χ1) is 14.4. The molecule has 0 atom stereocenters. The molecular formula is C23H24N4O3. The molecule has 1 heterocycles. The van der Waals surface area contributed by atoms with Gasteiger partial charge in [-0.2, -0.15) is 9.78 Å². The van der Waals surface area contributed by atoms with Gasteiger partial charge < -0.3 is 15.7 Å². The Morgan fingerprint density at radius 3 is 2.53 bits per heavy atom. The molecule has 2 amide bonds. The van der Waals surface area contributed by atoms with Crippen LogP contribution in [0.25, 0.3) is 11.3 Å². The number of amides is 2. The van der Waals surface area contributed by atoms with Gasteiger partial charge in [-0.1, -0.05) is 29.8 Å². The molecule has 1 aliphatic carbocycles.